The van der Waals surface area contributed by atoms with Crippen molar-refractivity contribution in [2.75, 3.05) is 19.7 Å². The van der Waals surface area contributed by atoms with Gasteiger partial charge in [-0.15, -0.1) is 0 Å². The number of piperazine rings is 1. The third kappa shape index (κ3) is 8.02. The molecule has 1 N–H and O–H groups in total. The van der Waals surface area contributed by atoms with Gasteiger partial charge in [-0.05, 0) is 74.0 Å². The molecule has 0 bridgehead atoms. The molecule has 218 valence electrons. The van der Waals surface area contributed by atoms with E-state index in [1.807, 2.05) is 18.6 Å². The number of rotatable bonds is 9. The van der Waals surface area contributed by atoms with E-state index in [9.17, 15) is 26.8 Å². The summed E-state index contributed by atoms with van der Waals surface area (Å²) in [7, 11) is -4.22. The van der Waals surface area contributed by atoms with Gasteiger partial charge in [0.05, 0.1) is 11.3 Å². The highest BCUT2D eigenvalue weighted by Crippen LogP contribution is 2.25. The first kappa shape index (κ1) is 30.4. The number of ether oxygens (including phenoxy) is 1. The fraction of sp³-hybridized carbons (Fsp3) is 0.310. The Labute approximate surface area is 242 Å². The Morgan fingerprint density at radius 3 is 2.24 bits per heavy atom. The Hall–Kier alpha value is -3.54. The van der Waals surface area contributed by atoms with E-state index >= 15 is 0 Å². The lowest BCUT2D eigenvalue weighted by Crippen LogP contribution is -2.58. The second-order valence-corrected chi connectivity index (χ2v) is 12.1. The normalized spacial score (nSPS) is 17.7. The molecule has 41 heavy (non-hydrogen) atoms. The standard InChI is InChI=1S/C29H30ClF2N3O5S/c1-19-16-35(20(2)15-34(19)17-21-3-6-24(31)7-4-21)29(37)18-40-27-12-5-23(30)13-22(27)14-28(36)33-41(38,39)26-10-8-25(32)9-11-26/h3-13,19-20H,14-18H2,1-2H3,(H,33,36). The van der Waals surface area contributed by atoms with Gasteiger partial charge in [0.1, 0.15) is 17.4 Å². The van der Waals surface area contributed by atoms with E-state index in [0.29, 0.717) is 30.2 Å². The van der Waals surface area contributed by atoms with Gasteiger partial charge >= 0.3 is 0 Å². The highest BCUT2D eigenvalue weighted by Gasteiger charge is 2.32. The molecule has 0 aromatic heterocycles. The predicted octanol–water partition coefficient (Wildman–Crippen LogP) is 4.17. The van der Waals surface area contributed by atoms with Crippen LogP contribution in [0.1, 0.15) is 25.0 Å². The summed E-state index contributed by atoms with van der Waals surface area (Å²) in [6, 6.07) is 14.9. The summed E-state index contributed by atoms with van der Waals surface area (Å²) in [6.07, 6.45) is -0.389. The maximum atomic E-state index is 13.3. The van der Waals surface area contributed by atoms with Crippen molar-refractivity contribution in [3.05, 3.63) is 94.5 Å². The zero-order valence-corrected chi connectivity index (χ0v) is 24.1. The first-order valence-electron chi connectivity index (χ1n) is 12.9. The van der Waals surface area contributed by atoms with Gasteiger partial charge < -0.3 is 9.64 Å². The summed E-state index contributed by atoms with van der Waals surface area (Å²) in [5, 5.41) is 0.299. The molecule has 0 spiro atoms. The summed E-state index contributed by atoms with van der Waals surface area (Å²) >= 11 is 6.10. The van der Waals surface area contributed by atoms with Crippen molar-refractivity contribution >= 4 is 33.4 Å². The Morgan fingerprint density at radius 2 is 1.59 bits per heavy atom. The molecule has 1 heterocycles. The van der Waals surface area contributed by atoms with Crippen LogP contribution in [0.2, 0.25) is 5.02 Å². The zero-order chi connectivity index (χ0) is 29.7. The molecule has 0 aliphatic carbocycles. The number of hydrogen-bond donors (Lipinski definition) is 1. The minimum Gasteiger partial charge on any atom is -0.483 e. The number of halogens is 3. The fourth-order valence-corrected chi connectivity index (χ4v) is 5.85. The maximum absolute atomic E-state index is 13.3. The van der Waals surface area contributed by atoms with Crippen LogP contribution in [-0.2, 0) is 32.6 Å². The quantitative estimate of drug-likeness (QED) is 0.393. The molecule has 1 fully saturated rings. The molecule has 1 saturated heterocycles. The van der Waals surface area contributed by atoms with Crippen LogP contribution in [0.15, 0.2) is 71.6 Å². The van der Waals surface area contributed by atoms with Crippen LogP contribution in [0.5, 0.6) is 5.75 Å². The number of benzene rings is 3. The number of nitrogens with one attached hydrogen (secondary N) is 1. The average molecular weight is 606 g/mol. The third-order valence-corrected chi connectivity index (χ3v) is 8.46. The van der Waals surface area contributed by atoms with Crippen LogP contribution in [0, 0.1) is 11.6 Å². The summed E-state index contributed by atoms with van der Waals surface area (Å²) in [5.41, 5.74) is 1.28. The van der Waals surface area contributed by atoms with E-state index in [0.717, 1.165) is 29.8 Å². The van der Waals surface area contributed by atoms with Crippen molar-refractivity contribution < 1.29 is 31.5 Å². The highest BCUT2D eigenvalue weighted by atomic mass is 35.5. The van der Waals surface area contributed by atoms with Crippen LogP contribution in [0.25, 0.3) is 0 Å². The van der Waals surface area contributed by atoms with Crippen LogP contribution in [0.3, 0.4) is 0 Å². The number of sulfonamides is 1. The first-order chi connectivity index (χ1) is 19.4. The minimum absolute atomic E-state index is 0.0537. The molecule has 3 aromatic carbocycles. The number of hydrogen-bond acceptors (Lipinski definition) is 6. The van der Waals surface area contributed by atoms with Crippen LogP contribution < -0.4 is 9.46 Å². The molecular formula is C29H30ClF2N3O5S. The summed E-state index contributed by atoms with van der Waals surface area (Å²) in [5.74, 6) is -1.78. The molecule has 8 nitrogen and oxygen atoms in total. The van der Waals surface area contributed by atoms with Crippen LogP contribution >= 0.6 is 11.6 Å². The largest absolute Gasteiger partial charge is 0.483 e. The van der Waals surface area contributed by atoms with E-state index in [1.54, 1.807) is 17.0 Å². The monoisotopic (exact) mass is 605 g/mol. The predicted molar refractivity (Wildman–Crippen MR) is 150 cm³/mol. The molecule has 0 saturated carbocycles. The number of carbonyl (C=O) groups is 2. The summed E-state index contributed by atoms with van der Waals surface area (Å²) in [6.45, 7) is 5.41. The Morgan fingerprint density at radius 1 is 0.951 bits per heavy atom. The van der Waals surface area contributed by atoms with E-state index in [2.05, 4.69) is 4.90 Å². The van der Waals surface area contributed by atoms with Crippen molar-refractivity contribution in [2.24, 2.45) is 0 Å². The molecule has 4 rings (SSSR count). The van der Waals surface area contributed by atoms with Crippen molar-refractivity contribution in [3.8, 4) is 5.75 Å². The molecule has 2 unspecified atom stereocenters. The van der Waals surface area contributed by atoms with Gasteiger partial charge in [0.15, 0.2) is 6.61 Å². The number of amides is 2. The molecule has 0 radical (unpaired) electrons. The second-order valence-electron chi connectivity index (χ2n) is 10.0. The SMILES string of the molecule is CC1CN(C(=O)COc2ccc(Cl)cc2CC(=O)NS(=O)(=O)c2ccc(F)cc2)C(C)CN1Cc1ccc(F)cc1. The van der Waals surface area contributed by atoms with Gasteiger partial charge in [0.2, 0.25) is 5.91 Å². The zero-order valence-electron chi connectivity index (χ0n) is 22.5. The minimum atomic E-state index is -4.22. The van der Waals surface area contributed by atoms with Gasteiger partial charge in [-0.1, -0.05) is 23.7 Å². The summed E-state index contributed by atoms with van der Waals surface area (Å²) < 4.78 is 59.2. The van der Waals surface area contributed by atoms with Gasteiger partial charge in [-0.25, -0.2) is 21.9 Å². The molecule has 3 aromatic rings. The Kier molecular flexibility index (Phi) is 9.62. The molecule has 1 aliphatic heterocycles. The molecule has 1 aliphatic rings. The van der Waals surface area contributed by atoms with Crippen LogP contribution in [0.4, 0.5) is 8.78 Å². The second kappa shape index (κ2) is 13.0. The molecular weight excluding hydrogens is 576 g/mol. The smallest absolute Gasteiger partial charge is 0.264 e. The van der Waals surface area contributed by atoms with Gasteiger partial charge in [0.25, 0.3) is 15.9 Å². The lowest BCUT2D eigenvalue weighted by Gasteiger charge is -2.44. The number of carbonyl (C=O) groups excluding carboxylic acids is 2. The third-order valence-electron chi connectivity index (χ3n) is 6.83. The van der Waals surface area contributed by atoms with Gasteiger partial charge in [0, 0.05) is 42.3 Å². The highest BCUT2D eigenvalue weighted by molar-refractivity contribution is 7.90. The number of nitrogens with zero attached hydrogens (tertiary/aromatic N) is 2. The Bertz CT molecular complexity index is 1500. The molecule has 2 amide bonds. The fourth-order valence-electron chi connectivity index (χ4n) is 4.67. The lowest BCUT2D eigenvalue weighted by molar-refractivity contribution is -0.139. The van der Waals surface area contributed by atoms with Gasteiger partial charge in [-0.3, -0.25) is 14.5 Å². The van der Waals surface area contributed by atoms with E-state index in [1.165, 1.54) is 30.3 Å². The molecule has 2 atom stereocenters. The van der Waals surface area contributed by atoms with Crippen LogP contribution in [-0.4, -0.2) is 61.8 Å². The topological polar surface area (TPSA) is 96.0 Å². The van der Waals surface area contributed by atoms with E-state index in [4.69, 9.17) is 16.3 Å². The van der Waals surface area contributed by atoms with Crippen molar-refractivity contribution in [1.29, 1.82) is 0 Å². The summed E-state index contributed by atoms with van der Waals surface area (Å²) in [4.78, 5) is 29.5. The molecule has 12 heteroatoms. The van der Waals surface area contributed by atoms with Crippen molar-refractivity contribution in [1.82, 2.24) is 14.5 Å². The van der Waals surface area contributed by atoms with Crippen molar-refractivity contribution in [3.63, 3.8) is 0 Å². The first-order valence-corrected chi connectivity index (χ1v) is 14.8. The Balaban J connectivity index is 1.36. The van der Waals surface area contributed by atoms with E-state index < -0.39 is 21.7 Å². The van der Waals surface area contributed by atoms with Crippen molar-refractivity contribution in [2.45, 2.75) is 43.8 Å². The average Bonchev–Trinajstić information content (AvgIpc) is 2.91. The maximum Gasteiger partial charge on any atom is 0.264 e. The lowest BCUT2D eigenvalue weighted by atomic mass is 10.1. The van der Waals surface area contributed by atoms with E-state index in [-0.39, 0.29) is 47.5 Å². The van der Waals surface area contributed by atoms with Gasteiger partial charge in [-0.2, -0.15) is 0 Å².